The summed E-state index contributed by atoms with van der Waals surface area (Å²) in [6.07, 6.45) is 2.65. The first-order valence-electron chi connectivity index (χ1n) is 6.38. The van der Waals surface area contributed by atoms with Gasteiger partial charge in [0.15, 0.2) is 0 Å². The van der Waals surface area contributed by atoms with Crippen LogP contribution in [0.2, 0.25) is 0 Å². The quantitative estimate of drug-likeness (QED) is 0.695. The minimum Gasteiger partial charge on any atom is -0.508 e. The number of benzene rings is 1. The minimum atomic E-state index is 0.0369. The maximum Gasteiger partial charge on any atom is 0.120 e. The van der Waals surface area contributed by atoms with Gasteiger partial charge in [0, 0.05) is 10.0 Å². The van der Waals surface area contributed by atoms with E-state index in [1.54, 1.807) is 12.3 Å². The first-order chi connectivity index (χ1) is 9.51. The molecule has 0 amide bonds. The number of hydrogen-bond donors (Lipinski definition) is 2. The summed E-state index contributed by atoms with van der Waals surface area (Å²) >= 11 is 6.84. The highest BCUT2D eigenvalue weighted by Gasteiger charge is 2.14. The Morgan fingerprint density at radius 3 is 2.70 bits per heavy atom. The Labute approximate surface area is 135 Å². The van der Waals surface area contributed by atoms with E-state index >= 15 is 0 Å². The number of phenolic OH excluding ortho intramolecular Hbond substituents is 1. The molecule has 0 radical (unpaired) electrons. The smallest absolute Gasteiger partial charge is 0.120 e. The van der Waals surface area contributed by atoms with Crippen molar-refractivity contribution in [2.75, 3.05) is 5.32 Å². The Bertz CT molecular complexity index is 617. The standard InChI is InChI=1S/C15H16Br2N2O/c1-3-13(12-7-10(16)4-5-14(12)20)19-11-6-9(2)15(17)18-8-11/h4-8,13,19-20H,3H2,1-2H3. The van der Waals surface area contributed by atoms with Crippen LogP contribution >= 0.6 is 31.9 Å². The maximum atomic E-state index is 10.0. The van der Waals surface area contributed by atoms with Gasteiger partial charge >= 0.3 is 0 Å². The van der Waals surface area contributed by atoms with Crippen LogP contribution < -0.4 is 5.32 Å². The lowest BCUT2D eigenvalue weighted by molar-refractivity contribution is 0.462. The van der Waals surface area contributed by atoms with Crippen LogP contribution in [-0.4, -0.2) is 10.1 Å². The third-order valence-electron chi connectivity index (χ3n) is 3.13. The van der Waals surface area contributed by atoms with Crippen molar-refractivity contribution in [1.82, 2.24) is 4.98 Å². The van der Waals surface area contributed by atoms with E-state index in [9.17, 15) is 5.11 Å². The van der Waals surface area contributed by atoms with Gasteiger partial charge in [-0.2, -0.15) is 0 Å². The fourth-order valence-corrected chi connectivity index (χ4v) is 2.64. The largest absolute Gasteiger partial charge is 0.508 e. The molecule has 2 N–H and O–H groups in total. The van der Waals surface area contributed by atoms with Crippen LogP contribution in [0.25, 0.3) is 0 Å². The van der Waals surface area contributed by atoms with Gasteiger partial charge in [-0.05, 0) is 59.1 Å². The average Bonchev–Trinajstić information content (AvgIpc) is 2.43. The zero-order valence-electron chi connectivity index (χ0n) is 11.3. The Hall–Kier alpha value is -1.07. The number of rotatable bonds is 4. The number of anilines is 1. The van der Waals surface area contributed by atoms with Gasteiger partial charge in [0.05, 0.1) is 17.9 Å². The summed E-state index contributed by atoms with van der Waals surface area (Å²) in [5.74, 6) is 0.300. The van der Waals surface area contributed by atoms with Crippen molar-refractivity contribution in [1.29, 1.82) is 0 Å². The number of halogens is 2. The van der Waals surface area contributed by atoms with Gasteiger partial charge in [-0.25, -0.2) is 4.98 Å². The van der Waals surface area contributed by atoms with Gasteiger partial charge in [-0.1, -0.05) is 22.9 Å². The van der Waals surface area contributed by atoms with Crippen LogP contribution in [-0.2, 0) is 0 Å². The molecule has 1 heterocycles. The summed E-state index contributed by atoms with van der Waals surface area (Å²) < 4.78 is 1.80. The van der Waals surface area contributed by atoms with Crippen molar-refractivity contribution in [3.63, 3.8) is 0 Å². The number of phenols is 1. The van der Waals surface area contributed by atoms with E-state index in [4.69, 9.17) is 0 Å². The molecule has 0 aliphatic carbocycles. The van der Waals surface area contributed by atoms with Crippen LogP contribution in [0.1, 0.15) is 30.5 Å². The summed E-state index contributed by atoms with van der Waals surface area (Å²) in [6.45, 7) is 4.08. The monoisotopic (exact) mass is 398 g/mol. The molecule has 3 nitrogen and oxygen atoms in total. The van der Waals surface area contributed by atoms with Crippen molar-refractivity contribution >= 4 is 37.5 Å². The molecule has 2 aromatic rings. The van der Waals surface area contributed by atoms with E-state index in [1.807, 2.05) is 25.1 Å². The molecule has 0 spiro atoms. The van der Waals surface area contributed by atoms with Crippen LogP contribution in [0.5, 0.6) is 5.75 Å². The Morgan fingerprint density at radius 1 is 1.30 bits per heavy atom. The summed E-state index contributed by atoms with van der Waals surface area (Å²) in [5, 5.41) is 13.4. The number of aryl methyl sites for hydroxylation is 1. The molecule has 0 aliphatic heterocycles. The molecule has 0 fully saturated rings. The number of pyridine rings is 1. The van der Waals surface area contributed by atoms with Crippen molar-refractivity contribution in [2.24, 2.45) is 0 Å². The van der Waals surface area contributed by atoms with E-state index < -0.39 is 0 Å². The van der Waals surface area contributed by atoms with E-state index in [1.165, 1.54) is 0 Å². The number of aromatic nitrogens is 1. The zero-order chi connectivity index (χ0) is 14.7. The van der Waals surface area contributed by atoms with E-state index in [0.29, 0.717) is 5.75 Å². The fourth-order valence-electron chi connectivity index (χ4n) is 2.04. The summed E-state index contributed by atoms with van der Waals surface area (Å²) in [5.41, 5.74) is 2.89. The molecular formula is C15H16Br2N2O. The minimum absolute atomic E-state index is 0.0369. The number of aromatic hydroxyl groups is 1. The van der Waals surface area contributed by atoms with Crippen LogP contribution in [0.4, 0.5) is 5.69 Å². The van der Waals surface area contributed by atoms with Gasteiger partial charge < -0.3 is 10.4 Å². The highest BCUT2D eigenvalue weighted by Crippen LogP contribution is 2.32. The Morgan fingerprint density at radius 2 is 2.05 bits per heavy atom. The van der Waals surface area contributed by atoms with Crippen LogP contribution in [0, 0.1) is 6.92 Å². The van der Waals surface area contributed by atoms with Crippen LogP contribution in [0.3, 0.4) is 0 Å². The Balaban J connectivity index is 2.28. The molecule has 2 rings (SSSR count). The highest BCUT2D eigenvalue weighted by atomic mass is 79.9. The van der Waals surface area contributed by atoms with Crippen molar-refractivity contribution in [3.8, 4) is 5.75 Å². The second kappa shape index (κ2) is 6.59. The lowest BCUT2D eigenvalue weighted by atomic mass is 10.0. The molecule has 5 heteroatoms. The molecule has 20 heavy (non-hydrogen) atoms. The first kappa shape index (κ1) is 15.3. The highest BCUT2D eigenvalue weighted by molar-refractivity contribution is 9.10. The molecule has 106 valence electrons. The van der Waals surface area contributed by atoms with Crippen molar-refractivity contribution in [2.45, 2.75) is 26.3 Å². The van der Waals surface area contributed by atoms with Crippen LogP contribution in [0.15, 0.2) is 39.5 Å². The van der Waals surface area contributed by atoms with Gasteiger partial charge in [0.25, 0.3) is 0 Å². The van der Waals surface area contributed by atoms with Gasteiger partial charge in [0.1, 0.15) is 10.4 Å². The molecule has 0 aliphatic rings. The molecule has 1 atom stereocenters. The second-order valence-corrected chi connectivity index (χ2v) is 6.31. The van der Waals surface area contributed by atoms with E-state index in [2.05, 4.69) is 49.1 Å². The second-order valence-electron chi connectivity index (χ2n) is 4.64. The summed E-state index contributed by atoms with van der Waals surface area (Å²) in [6, 6.07) is 7.55. The summed E-state index contributed by atoms with van der Waals surface area (Å²) in [7, 11) is 0. The molecule has 0 saturated heterocycles. The van der Waals surface area contributed by atoms with Gasteiger partial charge in [-0.15, -0.1) is 0 Å². The van der Waals surface area contributed by atoms with Gasteiger partial charge in [-0.3, -0.25) is 0 Å². The molecule has 1 aromatic heterocycles. The normalized spacial score (nSPS) is 12.2. The number of nitrogens with zero attached hydrogens (tertiary/aromatic N) is 1. The first-order valence-corrected chi connectivity index (χ1v) is 7.97. The summed E-state index contributed by atoms with van der Waals surface area (Å²) in [4.78, 5) is 4.28. The SMILES string of the molecule is CCC(Nc1cnc(Br)c(C)c1)c1cc(Br)ccc1O. The van der Waals surface area contributed by atoms with Crippen molar-refractivity contribution in [3.05, 3.63) is 50.7 Å². The topological polar surface area (TPSA) is 45.2 Å². The molecule has 1 aromatic carbocycles. The lowest BCUT2D eigenvalue weighted by Crippen LogP contribution is -2.10. The maximum absolute atomic E-state index is 10.0. The molecule has 1 unspecified atom stereocenters. The molecular weight excluding hydrogens is 384 g/mol. The van der Waals surface area contributed by atoms with E-state index in [-0.39, 0.29) is 6.04 Å². The Kier molecular flexibility index (Phi) is 5.05. The predicted molar refractivity (Wildman–Crippen MR) is 89.1 cm³/mol. The third kappa shape index (κ3) is 3.52. The molecule has 0 bridgehead atoms. The lowest BCUT2D eigenvalue weighted by Gasteiger charge is -2.20. The average molecular weight is 400 g/mol. The molecule has 0 saturated carbocycles. The van der Waals surface area contributed by atoms with E-state index in [0.717, 1.165) is 32.3 Å². The fraction of sp³-hybridized carbons (Fsp3) is 0.267. The predicted octanol–water partition coefficient (Wildman–Crippen LogP) is 5.18. The number of hydrogen-bond acceptors (Lipinski definition) is 3. The van der Waals surface area contributed by atoms with Crippen molar-refractivity contribution < 1.29 is 5.11 Å². The van der Waals surface area contributed by atoms with Gasteiger partial charge in [0.2, 0.25) is 0 Å². The third-order valence-corrected chi connectivity index (χ3v) is 4.45. The number of nitrogens with one attached hydrogen (secondary N) is 1. The zero-order valence-corrected chi connectivity index (χ0v) is 14.5.